The fraction of sp³-hybridized carbons (Fsp3) is 0. The number of fused-ring (bicyclic) bond motifs is 1. The highest BCUT2D eigenvalue weighted by molar-refractivity contribution is 14.1. The lowest BCUT2D eigenvalue weighted by molar-refractivity contribution is 0.631. The van der Waals surface area contributed by atoms with Gasteiger partial charge in [-0.1, -0.05) is 11.6 Å². The molecule has 3 aromatic rings. The largest absolute Gasteiger partial charge is 0.306 e. The highest BCUT2D eigenvalue weighted by Gasteiger charge is 2.10. The van der Waals surface area contributed by atoms with Crippen LogP contribution >= 0.6 is 34.2 Å². The fourth-order valence-electron chi connectivity index (χ4n) is 1.81. The second-order valence-electron chi connectivity index (χ2n) is 3.84. The minimum absolute atomic E-state index is 0.360. The topological polar surface area (TPSA) is 17.3 Å². The first-order chi connectivity index (χ1) is 8.65. The molecule has 0 radical (unpaired) electrons. The molecule has 1 aromatic carbocycles. The number of benzene rings is 1. The van der Waals surface area contributed by atoms with E-state index in [4.69, 9.17) is 11.6 Å². The Morgan fingerprint density at radius 3 is 2.83 bits per heavy atom. The Morgan fingerprint density at radius 2 is 2.11 bits per heavy atom. The first-order valence-electron chi connectivity index (χ1n) is 5.24. The molecule has 0 saturated heterocycles. The fourth-order valence-corrected chi connectivity index (χ4v) is 2.57. The zero-order valence-corrected chi connectivity index (χ0v) is 12.0. The molecule has 0 N–H and O–H groups in total. The number of imidazole rings is 1. The third-order valence-electron chi connectivity index (χ3n) is 2.64. The lowest BCUT2D eigenvalue weighted by Gasteiger charge is -1.98. The lowest BCUT2D eigenvalue weighted by Crippen LogP contribution is -1.84. The van der Waals surface area contributed by atoms with Crippen LogP contribution in [0.15, 0.2) is 42.7 Å². The minimum Gasteiger partial charge on any atom is -0.306 e. The Hall–Kier alpha value is -1.14. The monoisotopic (exact) mass is 372 g/mol. The summed E-state index contributed by atoms with van der Waals surface area (Å²) in [6, 6.07) is 8.50. The van der Waals surface area contributed by atoms with E-state index in [0.717, 1.165) is 9.22 Å². The van der Waals surface area contributed by atoms with E-state index in [1.165, 1.54) is 6.07 Å². The van der Waals surface area contributed by atoms with E-state index in [2.05, 4.69) is 27.6 Å². The van der Waals surface area contributed by atoms with Gasteiger partial charge in [0.2, 0.25) is 0 Å². The first-order valence-corrected chi connectivity index (χ1v) is 6.69. The molecule has 0 atom stereocenters. The predicted octanol–water partition coefficient (Wildman–Crippen LogP) is 4.40. The van der Waals surface area contributed by atoms with Gasteiger partial charge >= 0.3 is 0 Å². The van der Waals surface area contributed by atoms with Crippen LogP contribution in [0.1, 0.15) is 0 Å². The van der Waals surface area contributed by atoms with Crippen LogP contribution in [0.4, 0.5) is 4.39 Å². The summed E-state index contributed by atoms with van der Waals surface area (Å²) in [5.41, 5.74) is 1.88. The molecule has 3 rings (SSSR count). The van der Waals surface area contributed by atoms with Gasteiger partial charge in [0.1, 0.15) is 5.82 Å². The van der Waals surface area contributed by atoms with E-state index in [1.54, 1.807) is 12.1 Å². The number of rotatable bonds is 1. The lowest BCUT2D eigenvalue weighted by atomic mass is 10.1. The highest BCUT2D eigenvalue weighted by atomic mass is 127. The molecular weight excluding hydrogens is 366 g/mol. The van der Waals surface area contributed by atoms with Crippen LogP contribution in [0.2, 0.25) is 5.02 Å². The summed E-state index contributed by atoms with van der Waals surface area (Å²) in [4.78, 5) is 4.45. The van der Waals surface area contributed by atoms with Crippen LogP contribution in [0.25, 0.3) is 16.9 Å². The van der Waals surface area contributed by atoms with E-state index >= 15 is 0 Å². The average molecular weight is 373 g/mol. The van der Waals surface area contributed by atoms with Gasteiger partial charge in [0.25, 0.3) is 0 Å². The Balaban J connectivity index is 2.23. The summed E-state index contributed by atoms with van der Waals surface area (Å²) in [7, 11) is 0. The third kappa shape index (κ3) is 1.99. The molecule has 2 nitrogen and oxygen atoms in total. The van der Waals surface area contributed by atoms with Gasteiger partial charge in [-0.15, -0.1) is 0 Å². The van der Waals surface area contributed by atoms with Crippen molar-refractivity contribution in [3.63, 3.8) is 0 Å². The van der Waals surface area contributed by atoms with Crippen LogP contribution in [0, 0.1) is 9.39 Å². The van der Waals surface area contributed by atoms with Gasteiger partial charge in [-0.05, 0) is 52.9 Å². The quantitative estimate of drug-likeness (QED) is 0.579. The summed E-state index contributed by atoms with van der Waals surface area (Å²) >= 11 is 7.95. The zero-order valence-electron chi connectivity index (χ0n) is 9.07. The van der Waals surface area contributed by atoms with Gasteiger partial charge in [0, 0.05) is 23.0 Å². The molecule has 0 bridgehead atoms. The predicted molar refractivity (Wildman–Crippen MR) is 78.3 cm³/mol. The summed E-state index contributed by atoms with van der Waals surface area (Å²) in [5.74, 6) is -0.360. The maximum atomic E-state index is 13.8. The summed E-state index contributed by atoms with van der Waals surface area (Å²) in [6.07, 6.45) is 3.70. The molecule has 0 aliphatic carbocycles. The second kappa shape index (κ2) is 4.51. The van der Waals surface area contributed by atoms with Crippen molar-refractivity contribution >= 4 is 39.8 Å². The first kappa shape index (κ1) is 11.9. The van der Waals surface area contributed by atoms with Crippen LogP contribution < -0.4 is 0 Å². The molecule has 2 heterocycles. The average Bonchev–Trinajstić information content (AvgIpc) is 2.74. The standard InChI is InChI=1S/C13H7ClFIN2/c14-8-3-4-9(10(15)6-8)12-7-18-5-1-2-11(16)13(18)17-12/h1-7H. The third-order valence-corrected chi connectivity index (χ3v) is 3.72. The molecule has 0 fully saturated rings. The Bertz CT molecular complexity index is 739. The number of hydrogen-bond donors (Lipinski definition) is 0. The molecule has 90 valence electrons. The molecule has 0 aliphatic rings. The molecule has 5 heteroatoms. The van der Waals surface area contributed by atoms with E-state index in [0.29, 0.717) is 16.3 Å². The van der Waals surface area contributed by atoms with E-state index in [1.807, 2.05) is 28.9 Å². The van der Waals surface area contributed by atoms with Gasteiger partial charge < -0.3 is 4.40 Å². The molecule has 0 aliphatic heterocycles. The molecule has 0 saturated carbocycles. The van der Waals surface area contributed by atoms with Gasteiger partial charge in [-0.25, -0.2) is 9.37 Å². The van der Waals surface area contributed by atoms with Crippen molar-refractivity contribution in [2.75, 3.05) is 0 Å². The maximum absolute atomic E-state index is 13.8. The van der Waals surface area contributed by atoms with Crippen LogP contribution in [0.5, 0.6) is 0 Å². The Morgan fingerprint density at radius 1 is 1.28 bits per heavy atom. The van der Waals surface area contributed by atoms with Crippen molar-refractivity contribution in [1.82, 2.24) is 9.38 Å². The van der Waals surface area contributed by atoms with Crippen molar-refractivity contribution in [1.29, 1.82) is 0 Å². The smallest absolute Gasteiger partial charge is 0.150 e. The number of pyridine rings is 1. The van der Waals surface area contributed by atoms with Crippen LogP contribution in [-0.4, -0.2) is 9.38 Å². The molecule has 0 amide bonds. The maximum Gasteiger partial charge on any atom is 0.150 e. The molecular formula is C13H7ClFIN2. The number of hydrogen-bond acceptors (Lipinski definition) is 1. The summed E-state index contributed by atoms with van der Waals surface area (Å²) in [5, 5.41) is 0.384. The number of halogens is 3. The molecule has 0 unspecified atom stereocenters. The van der Waals surface area contributed by atoms with E-state index < -0.39 is 0 Å². The molecule has 0 spiro atoms. The van der Waals surface area contributed by atoms with E-state index in [-0.39, 0.29) is 5.82 Å². The van der Waals surface area contributed by atoms with Gasteiger partial charge in [-0.2, -0.15) is 0 Å². The Labute approximate surface area is 122 Å². The van der Waals surface area contributed by atoms with Crippen LogP contribution in [-0.2, 0) is 0 Å². The number of aromatic nitrogens is 2. The highest BCUT2D eigenvalue weighted by Crippen LogP contribution is 2.26. The Kier molecular flexibility index (Phi) is 2.99. The van der Waals surface area contributed by atoms with E-state index in [9.17, 15) is 4.39 Å². The van der Waals surface area contributed by atoms with Crippen molar-refractivity contribution in [2.45, 2.75) is 0 Å². The normalized spacial score (nSPS) is 11.1. The van der Waals surface area contributed by atoms with Gasteiger partial charge in [0.15, 0.2) is 5.65 Å². The minimum atomic E-state index is -0.360. The second-order valence-corrected chi connectivity index (χ2v) is 5.44. The van der Waals surface area contributed by atoms with Crippen LogP contribution in [0.3, 0.4) is 0 Å². The van der Waals surface area contributed by atoms with Crippen molar-refractivity contribution in [3.05, 3.63) is 57.1 Å². The van der Waals surface area contributed by atoms with Crippen molar-refractivity contribution in [2.24, 2.45) is 0 Å². The SMILES string of the molecule is Fc1cc(Cl)ccc1-c1cn2cccc(I)c2n1. The van der Waals surface area contributed by atoms with Crippen molar-refractivity contribution in [3.8, 4) is 11.3 Å². The van der Waals surface area contributed by atoms with Gasteiger partial charge in [-0.3, -0.25) is 0 Å². The molecule has 18 heavy (non-hydrogen) atoms. The zero-order chi connectivity index (χ0) is 12.7. The summed E-state index contributed by atoms with van der Waals surface area (Å²) < 4.78 is 16.7. The summed E-state index contributed by atoms with van der Waals surface area (Å²) in [6.45, 7) is 0. The van der Waals surface area contributed by atoms with Crippen molar-refractivity contribution < 1.29 is 4.39 Å². The van der Waals surface area contributed by atoms with Gasteiger partial charge in [0.05, 0.1) is 9.26 Å². The number of nitrogens with zero attached hydrogens (tertiary/aromatic N) is 2. The molecule has 2 aromatic heterocycles.